The van der Waals surface area contributed by atoms with Crippen molar-refractivity contribution in [2.45, 2.75) is 39.5 Å². The summed E-state index contributed by atoms with van der Waals surface area (Å²) < 4.78 is 0. The van der Waals surface area contributed by atoms with E-state index >= 15 is 0 Å². The highest BCUT2D eigenvalue weighted by molar-refractivity contribution is 6.04. The van der Waals surface area contributed by atoms with Crippen LogP contribution >= 0.6 is 0 Å². The standard InChI is InChI=1S/C19H22N2O4/c1-11(2)16-9-14(10-17(12(3)4)18(16)22)20-19(23)13-6-5-7-15(8-13)21(24)25/h5-12,22H,1-4H3,(H,20,23). The summed E-state index contributed by atoms with van der Waals surface area (Å²) in [5.41, 5.74) is 2.13. The number of nitrogens with zero attached hydrogens (tertiary/aromatic N) is 1. The molecule has 0 atom stereocenters. The second-order valence-corrected chi connectivity index (χ2v) is 6.57. The Morgan fingerprint density at radius 3 is 2.12 bits per heavy atom. The highest BCUT2D eigenvalue weighted by Gasteiger charge is 2.17. The quantitative estimate of drug-likeness (QED) is 0.464. The number of nitro groups is 1. The lowest BCUT2D eigenvalue weighted by molar-refractivity contribution is -0.384. The number of amides is 1. The molecule has 0 aliphatic carbocycles. The van der Waals surface area contributed by atoms with Crippen molar-refractivity contribution in [3.63, 3.8) is 0 Å². The molecule has 2 rings (SSSR count). The van der Waals surface area contributed by atoms with Gasteiger partial charge in [-0.2, -0.15) is 0 Å². The molecule has 1 amide bonds. The molecular formula is C19H22N2O4. The fourth-order valence-electron chi connectivity index (χ4n) is 2.60. The van der Waals surface area contributed by atoms with E-state index in [0.717, 1.165) is 11.1 Å². The van der Waals surface area contributed by atoms with Crippen LogP contribution < -0.4 is 5.32 Å². The van der Waals surface area contributed by atoms with E-state index in [-0.39, 0.29) is 28.8 Å². The van der Waals surface area contributed by atoms with Crippen LogP contribution in [0.5, 0.6) is 5.75 Å². The molecule has 0 saturated carbocycles. The van der Waals surface area contributed by atoms with Gasteiger partial charge in [-0.3, -0.25) is 14.9 Å². The van der Waals surface area contributed by atoms with Crippen molar-refractivity contribution in [2.75, 3.05) is 5.32 Å². The van der Waals surface area contributed by atoms with Gasteiger partial charge in [-0.15, -0.1) is 0 Å². The number of nitrogens with one attached hydrogen (secondary N) is 1. The molecule has 6 nitrogen and oxygen atoms in total. The minimum absolute atomic E-state index is 0.0900. The first-order chi connectivity index (χ1) is 11.7. The van der Waals surface area contributed by atoms with E-state index in [9.17, 15) is 20.0 Å². The van der Waals surface area contributed by atoms with Crippen molar-refractivity contribution in [2.24, 2.45) is 0 Å². The Kier molecular flexibility index (Phi) is 5.41. The van der Waals surface area contributed by atoms with Crippen molar-refractivity contribution in [3.05, 3.63) is 63.2 Å². The summed E-state index contributed by atoms with van der Waals surface area (Å²) in [6.45, 7) is 7.85. The van der Waals surface area contributed by atoms with Gasteiger partial charge in [0, 0.05) is 23.4 Å². The molecule has 25 heavy (non-hydrogen) atoms. The average molecular weight is 342 g/mol. The Labute approximate surface area is 146 Å². The zero-order chi connectivity index (χ0) is 18.7. The third-order valence-electron chi connectivity index (χ3n) is 3.99. The van der Waals surface area contributed by atoms with Crippen molar-refractivity contribution in [1.29, 1.82) is 0 Å². The Morgan fingerprint density at radius 2 is 1.64 bits per heavy atom. The molecule has 0 aliphatic heterocycles. The lowest BCUT2D eigenvalue weighted by atomic mass is 9.93. The fourth-order valence-corrected chi connectivity index (χ4v) is 2.60. The predicted molar refractivity (Wildman–Crippen MR) is 97.3 cm³/mol. The number of hydrogen-bond acceptors (Lipinski definition) is 4. The molecule has 2 aromatic carbocycles. The SMILES string of the molecule is CC(C)c1cc(NC(=O)c2cccc([N+](=O)[O-])c2)cc(C(C)C)c1O. The minimum Gasteiger partial charge on any atom is -0.507 e. The normalized spacial score (nSPS) is 11.0. The van der Waals surface area contributed by atoms with E-state index in [0.29, 0.717) is 5.69 Å². The van der Waals surface area contributed by atoms with Crippen LogP contribution in [0, 0.1) is 10.1 Å². The largest absolute Gasteiger partial charge is 0.507 e. The van der Waals surface area contributed by atoms with Crippen LogP contribution in [0.25, 0.3) is 0 Å². The molecule has 2 N–H and O–H groups in total. The van der Waals surface area contributed by atoms with Gasteiger partial charge in [-0.25, -0.2) is 0 Å². The molecular weight excluding hydrogens is 320 g/mol. The van der Waals surface area contributed by atoms with Gasteiger partial charge in [-0.1, -0.05) is 33.8 Å². The zero-order valence-corrected chi connectivity index (χ0v) is 14.7. The molecule has 0 aromatic heterocycles. The molecule has 0 unspecified atom stereocenters. The number of aromatic hydroxyl groups is 1. The number of hydrogen-bond donors (Lipinski definition) is 2. The number of phenols is 1. The second-order valence-electron chi connectivity index (χ2n) is 6.57. The van der Waals surface area contributed by atoms with Gasteiger partial charge in [0.05, 0.1) is 4.92 Å². The van der Waals surface area contributed by atoms with Crippen molar-refractivity contribution >= 4 is 17.3 Å². The maximum absolute atomic E-state index is 12.4. The lowest BCUT2D eigenvalue weighted by Crippen LogP contribution is -2.13. The summed E-state index contributed by atoms with van der Waals surface area (Å²) >= 11 is 0. The van der Waals surface area contributed by atoms with E-state index in [4.69, 9.17) is 0 Å². The van der Waals surface area contributed by atoms with Crippen molar-refractivity contribution in [3.8, 4) is 5.75 Å². The molecule has 0 fully saturated rings. The third-order valence-corrected chi connectivity index (χ3v) is 3.99. The Morgan fingerprint density at radius 1 is 1.08 bits per heavy atom. The Bertz CT molecular complexity index is 784. The first-order valence-corrected chi connectivity index (χ1v) is 8.13. The zero-order valence-electron chi connectivity index (χ0n) is 14.7. The van der Waals surface area contributed by atoms with Crippen LogP contribution in [0.15, 0.2) is 36.4 Å². The van der Waals surface area contributed by atoms with Crippen LogP contribution in [-0.4, -0.2) is 15.9 Å². The first-order valence-electron chi connectivity index (χ1n) is 8.13. The van der Waals surface area contributed by atoms with Gasteiger partial charge in [0.15, 0.2) is 0 Å². The van der Waals surface area contributed by atoms with Crippen molar-refractivity contribution < 1.29 is 14.8 Å². The van der Waals surface area contributed by atoms with Gasteiger partial charge in [0.2, 0.25) is 0 Å². The molecule has 0 heterocycles. The summed E-state index contributed by atoms with van der Waals surface area (Å²) in [6, 6.07) is 9.05. The maximum atomic E-state index is 12.4. The van der Waals surface area contributed by atoms with Gasteiger partial charge in [0.1, 0.15) is 5.75 Å². The number of rotatable bonds is 5. The summed E-state index contributed by atoms with van der Waals surface area (Å²) in [7, 11) is 0. The minimum atomic E-state index is -0.537. The van der Waals surface area contributed by atoms with Crippen LogP contribution in [0.1, 0.15) is 61.0 Å². The number of carbonyl (C=O) groups is 1. The monoisotopic (exact) mass is 342 g/mol. The fraction of sp³-hybridized carbons (Fsp3) is 0.316. The summed E-state index contributed by atoms with van der Waals surface area (Å²) in [5.74, 6) is -0.00326. The number of anilines is 1. The molecule has 0 spiro atoms. The van der Waals surface area contributed by atoms with E-state index in [1.165, 1.54) is 24.3 Å². The van der Waals surface area contributed by atoms with Gasteiger partial charge < -0.3 is 10.4 Å². The average Bonchev–Trinajstić information content (AvgIpc) is 2.55. The summed E-state index contributed by atoms with van der Waals surface area (Å²) in [5, 5.41) is 24.0. The number of phenolic OH excluding ortho intramolecular Hbond substituents is 1. The predicted octanol–water partition coefficient (Wildman–Crippen LogP) is 4.80. The van der Waals surface area contributed by atoms with E-state index in [1.54, 1.807) is 12.1 Å². The topological polar surface area (TPSA) is 92.5 Å². The van der Waals surface area contributed by atoms with Crippen LogP contribution in [-0.2, 0) is 0 Å². The molecule has 132 valence electrons. The van der Waals surface area contributed by atoms with E-state index in [2.05, 4.69) is 5.32 Å². The Hall–Kier alpha value is -2.89. The van der Waals surface area contributed by atoms with E-state index in [1.807, 2.05) is 27.7 Å². The third kappa shape index (κ3) is 4.15. The molecule has 0 radical (unpaired) electrons. The lowest BCUT2D eigenvalue weighted by Gasteiger charge is -2.18. The number of carbonyl (C=O) groups excluding carboxylic acids is 1. The second kappa shape index (κ2) is 7.34. The summed E-state index contributed by atoms with van der Waals surface area (Å²) in [6.07, 6.45) is 0. The Balaban J connectivity index is 2.38. The molecule has 0 aliphatic rings. The van der Waals surface area contributed by atoms with Gasteiger partial charge in [0.25, 0.3) is 11.6 Å². The molecule has 0 saturated heterocycles. The highest BCUT2D eigenvalue weighted by Crippen LogP contribution is 2.36. The van der Waals surface area contributed by atoms with Gasteiger partial charge >= 0.3 is 0 Å². The van der Waals surface area contributed by atoms with Crippen LogP contribution in [0.2, 0.25) is 0 Å². The molecule has 0 bridgehead atoms. The summed E-state index contributed by atoms with van der Waals surface area (Å²) in [4.78, 5) is 22.8. The van der Waals surface area contributed by atoms with Crippen LogP contribution in [0.4, 0.5) is 11.4 Å². The number of nitro benzene ring substituents is 1. The first kappa shape index (κ1) is 18.4. The van der Waals surface area contributed by atoms with Crippen LogP contribution in [0.3, 0.4) is 0 Å². The number of benzene rings is 2. The highest BCUT2D eigenvalue weighted by atomic mass is 16.6. The molecule has 6 heteroatoms. The maximum Gasteiger partial charge on any atom is 0.270 e. The number of non-ortho nitro benzene ring substituents is 1. The molecule has 2 aromatic rings. The van der Waals surface area contributed by atoms with E-state index < -0.39 is 10.8 Å². The van der Waals surface area contributed by atoms with Crippen molar-refractivity contribution in [1.82, 2.24) is 0 Å². The smallest absolute Gasteiger partial charge is 0.270 e. The van der Waals surface area contributed by atoms with Gasteiger partial charge in [-0.05, 0) is 41.2 Å².